The summed E-state index contributed by atoms with van der Waals surface area (Å²) >= 11 is 0. The molecule has 0 aromatic rings. The van der Waals surface area contributed by atoms with E-state index >= 15 is 0 Å². The van der Waals surface area contributed by atoms with Crippen LogP contribution in [0, 0.1) is 10.1 Å². The summed E-state index contributed by atoms with van der Waals surface area (Å²) in [5, 5.41) is 9.95. The summed E-state index contributed by atoms with van der Waals surface area (Å²) in [6, 6.07) is -0.854. The van der Waals surface area contributed by atoms with Crippen molar-refractivity contribution in [2.45, 2.75) is 19.4 Å². The van der Waals surface area contributed by atoms with E-state index in [1.165, 1.54) is 14.0 Å². The number of nitrogens with zero attached hydrogens (tertiary/aromatic N) is 1. The molecule has 1 atom stereocenters. The molecule has 0 saturated heterocycles. The number of ether oxygens (including phenoxy) is 1. The molecule has 0 aliphatic heterocycles. The molecule has 5 nitrogen and oxygen atoms in total. The molecule has 0 amide bonds. The molecule has 58 valence electrons. The molecule has 0 aliphatic rings. The van der Waals surface area contributed by atoms with E-state index in [2.05, 4.69) is 4.74 Å². The smallest absolute Gasteiger partial charge is 0.312 e. The van der Waals surface area contributed by atoms with Crippen LogP contribution >= 0.6 is 0 Å². The minimum atomic E-state index is -0.854. The third-order valence-electron chi connectivity index (χ3n) is 1.05. The number of carbonyl (C=O) groups excluding carboxylic acids is 1. The van der Waals surface area contributed by atoms with Crippen LogP contribution in [0.2, 0.25) is 0 Å². The molecule has 1 unspecified atom stereocenters. The Morgan fingerprint density at radius 3 is 2.60 bits per heavy atom. The van der Waals surface area contributed by atoms with Crippen LogP contribution in [0.3, 0.4) is 0 Å². The first-order chi connectivity index (χ1) is 4.57. The van der Waals surface area contributed by atoms with Gasteiger partial charge in [-0.25, -0.2) is 0 Å². The first kappa shape index (κ1) is 8.87. The van der Waals surface area contributed by atoms with Gasteiger partial charge in [-0.2, -0.15) is 0 Å². The van der Waals surface area contributed by atoms with E-state index < -0.39 is 16.9 Å². The second-order valence-corrected chi connectivity index (χ2v) is 1.91. The predicted octanol–water partition coefficient (Wildman–Crippen LogP) is 0.215. The zero-order valence-electron chi connectivity index (χ0n) is 5.86. The molecule has 0 heterocycles. The van der Waals surface area contributed by atoms with Gasteiger partial charge in [-0.15, -0.1) is 0 Å². The molecule has 0 fully saturated rings. The molecule has 0 N–H and O–H groups in total. The third kappa shape index (κ3) is 3.01. The van der Waals surface area contributed by atoms with Gasteiger partial charge in [0.2, 0.25) is 6.04 Å². The van der Waals surface area contributed by atoms with Gasteiger partial charge in [0.25, 0.3) is 0 Å². The van der Waals surface area contributed by atoms with E-state index in [9.17, 15) is 14.9 Å². The lowest BCUT2D eigenvalue weighted by molar-refractivity contribution is -0.517. The zero-order chi connectivity index (χ0) is 8.15. The average Bonchev–Trinajstić information content (AvgIpc) is 1.87. The summed E-state index contributed by atoms with van der Waals surface area (Å²) in [5.41, 5.74) is 0. The SMILES string of the molecule is COC(=O)CC(C)[N+](=O)[O-]. The van der Waals surface area contributed by atoms with Crippen molar-refractivity contribution in [3.05, 3.63) is 10.1 Å². The molecule has 0 bridgehead atoms. The van der Waals surface area contributed by atoms with Gasteiger partial charge in [-0.05, 0) is 0 Å². The van der Waals surface area contributed by atoms with Crippen LogP contribution in [0.5, 0.6) is 0 Å². The molecule has 10 heavy (non-hydrogen) atoms. The van der Waals surface area contributed by atoms with Crippen molar-refractivity contribution in [3.63, 3.8) is 0 Å². The zero-order valence-corrected chi connectivity index (χ0v) is 5.86. The maximum Gasteiger partial charge on any atom is 0.312 e. The summed E-state index contributed by atoms with van der Waals surface area (Å²) in [6.45, 7) is 1.36. The lowest BCUT2D eigenvalue weighted by atomic mass is 10.2. The Labute approximate surface area is 58.1 Å². The van der Waals surface area contributed by atoms with Crippen LogP contribution in [-0.4, -0.2) is 24.0 Å². The fourth-order valence-corrected chi connectivity index (χ4v) is 0.399. The first-order valence-corrected chi connectivity index (χ1v) is 2.78. The standard InChI is InChI=1S/C5H9NO4/c1-4(6(8)9)3-5(7)10-2/h4H,3H2,1-2H3. The molecule has 0 spiro atoms. The van der Waals surface area contributed by atoms with Crippen molar-refractivity contribution in [1.82, 2.24) is 0 Å². The molecule has 0 rings (SSSR count). The second kappa shape index (κ2) is 3.81. The van der Waals surface area contributed by atoms with Crippen molar-refractivity contribution in [2.24, 2.45) is 0 Å². The predicted molar refractivity (Wildman–Crippen MR) is 33.1 cm³/mol. The Bertz CT molecular complexity index is 145. The molecule has 0 radical (unpaired) electrons. The number of methoxy groups -OCH3 is 1. The van der Waals surface area contributed by atoms with Gasteiger partial charge in [-0.3, -0.25) is 14.9 Å². The molecule has 0 aliphatic carbocycles. The number of hydrogen-bond donors (Lipinski definition) is 0. The van der Waals surface area contributed by atoms with Crippen molar-refractivity contribution in [3.8, 4) is 0 Å². The Morgan fingerprint density at radius 2 is 2.30 bits per heavy atom. The van der Waals surface area contributed by atoms with E-state index in [1.54, 1.807) is 0 Å². The van der Waals surface area contributed by atoms with Crippen LogP contribution in [0.25, 0.3) is 0 Å². The van der Waals surface area contributed by atoms with Crippen molar-refractivity contribution in [1.29, 1.82) is 0 Å². The van der Waals surface area contributed by atoms with Crippen LogP contribution in [0.15, 0.2) is 0 Å². The fourth-order valence-electron chi connectivity index (χ4n) is 0.399. The van der Waals surface area contributed by atoms with E-state index in [4.69, 9.17) is 0 Å². The van der Waals surface area contributed by atoms with Crippen molar-refractivity contribution >= 4 is 5.97 Å². The van der Waals surface area contributed by atoms with Gasteiger partial charge in [-0.1, -0.05) is 0 Å². The van der Waals surface area contributed by atoms with E-state index in [1.807, 2.05) is 0 Å². The summed E-state index contributed by atoms with van der Waals surface area (Å²) in [6.07, 6.45) is -0.163. The summed E-state index contributed by atoms with van der Waals surface area (Å²) in [5.74, 6) is -0.552. The minimum absolute atomic E-state index is 0.163. The Hall–Kier alpha value is -1.13. The van der Waals surface area contributed by atoms with Gasteiger partial charge in [0, 0.05) is 11.8 Å². The Kier molecular flexibility index (Phi) is 3.38. The third-order valence-corrected chi connectivity index (χ3v) is 1.05. The van der Waals surface area contributed by atoms with Crippen LogP contribution in [-0.2, 0) is 9.53 Å². The van der Waals surface area contributed by atoms with Crippen molar-refractivity contribution < 1.29 is 14.5 Å². The maximum absolute atomic E-state index is 10.4. The number of hydrogen-bond acceptors (Lipinski definition) is 4. The van der Waals surface area contributed by atoms with Gasteiger partial charge in [0.15, 0.2) is 0 Å². The summed E-state index contributed by atoms with van der Waals surface area (Å²) in [4.78, 5) is 19.8. The summed E-state index contributed by atoms with van der Waals surface area (Å²) < 4.78 is 4.23. The topological polar surface area (TPSA) is 69.4 Å². The van der Waals surface area contributed by atoms with Crippen LogP contribution in [0.1, 0.15) is 13.3 Å². The number of esters is 1. The molecule has 0 saturated carbocycles. The second-order valence-electron chi connectivity index (χ2n) is 1.91. The normalized spacial score (nSPS) is 12.2. The number of carbonyl (C=O) groups is 1. The van der Waals surface area contributed by atoms with Gasteiger partial charge in [0.05, 0.1) is 7.11 Å². The average molecular weight is 147 g/mol. The summed E-state index contributed by atoms with van der Waals surface area (Å²) in [7, 11) is 1.20. The maximum atomic E-state index is 10.4. The lowest BCUT2D eigenvalue weighted by Gasteiger charge is -2.00. The van der Waals surface area contributed by atoms with E-state index in [0.717, 1.165) is 0 Å². The first-order valence-electron chi connectivity index (χ1n) is 2.78. The monoisotopic (exact) mass is 147 g/mol. The van der Waals surface area contributed by atoms with E-state index in [0.29, 0.717) is 0 Å². The highest BCUT2D eigenvalue weighted by atomic mass is 16.6. The highest BCUT2D eigenvalue weighted by molar-refractivity contribution is 5.69. The number of nitro groups is 1. The van der Waals surface area contributed by atoms with Gasteiger partial charge < -0.3 is 4.74 Å². The molecule has 5 heteroatoms. The minimum Gasteiger partial charge on any atom is -0.469 e. The Balaban J connectivity index is 3.68. The Morgan fingerprint density at radius 1 is 1.80 bits per heavy atom. The fraction of sp³-hybridized carbons (Fsp3) is 0.800. The van der Waals surface area contributed by atoms with Crippen LogP contribution in [0.4, 0.5) is 0 Å². The molecular formula is C5H9NO4. The van der Waals surface area contributed by atoms with Crippen molar-refractivity contribution in [2.75, 3.05) is 7.11 Å². The van der Waals surface area contributed by atoms with Gasteiger partial charge >= 0.3 is 5.97 Å². The highest BCUT2D eigenvalue weighted by Crippen LogP contribution is 1.96. The van der Waals surface area contributed by atoms with Crippen LogP contribution < -0.4 is 0 Å². The van der Waals surface area contributed by atoms with E-state index in [-0.39, 0.29) is 6.42 Å². The molecule has 0 aromatic heterocycles. The van der Waals surface area contributed by atoms with Gasteiger partial charge in [0.1, 0.15) is 6.42 Å². The lowest BCUT2D eigenvalue weighted by Crippen LogP contribution is -2.19. The largest absolute Gasteiger partial charge is 0.469 e. The highest BCUT2D eigenvalue weighted by Gasteiger charge is 2.17. The molecule has 0 aromatic carbocycles. The quantitative estimate of drug-likeness (QED) is 0.325. The molecular weight excluding hydrogens is 138 g/mol. The number of rotatable bonds is 3.